The molecular formula is C12H16Cl2N4OS2. The van der Waals surface area contributed by atoms with Crippen LogP contribution in [-0.4, -0.2) is 40.2 Å². The number of nitrogens with zero attached hydrogens (tertiary/aromatic N) is 3. The van der Waals surface area contributed by atoms with E-state index in [1.807, 2.05) is 5.38 Å². The highest BCUT2D eigenvalue weighted by Gasteiger charge is 2.38. The van der Waals surface area contributed by atoms with Gasteiger partial charge in [-0.15, -0.1) is 47.9 Å². The van der Waals surface area contributed by atoms with E-state index in [4.69, 9.17) is 5.26 Å². The fourth-order valence-electron chi connectivity index (χ4n) is 2.49. The van der Waals surface area contributed by atoms with Crippen LogP contribution in [0, 0.1) is 11.3 Å². The number of thioether (sulfide) groups is 1. The van der Waals surface area contributed by atoms with Crippen molar-refractivity contribution in [1.29, 1.82) is 5.26 Å². The number of carbonyl (C=O) groups excluding carboxylic acids is 1. The van der Waals surface area contributed by atoms with E-state index in [0.29, 0.717) is 6.54 Å². The molecule has 116 valence electrons. The number of hydrogen-bond donors (Lipinski definition) is 1. The van der Waals surface area contributed by atoms with Crippen LogP contribution < -0.4 is 5.32 Å². The summed E-state index contributed by atoms with van der Waals surface area (Å²) >= 11 is 3.31. The number of nitrogens with one attached hydrogen (secondary N) is 1. The Morgan fingerprint density at radius 1 is 1.52 bits per heavy atom. The first-order valence-corrected chi connectivity index (χ1v) is 8.19. The normalized spacial score (nSPS) is 27.6. The van der Waals surface area contributed by atoms with Gasteiger partial charge in [-0.1, -0.05) is 0 Å². The fraction of sp³-hybridized carbons (Fsp3) is 0.583. The molecule has 3 atom stereocenters. The summed E-state index contributed by atoms with van der Waals surface area (Å²) < 4.78 is 0. The minimum atomic E-state index is -0.238. The highest BCUT2D eigenvalue weighted by atomic mass is 35.5. The number of nitriles is 1. The van der Waals surface area contributed by atoms with Crippen molar-refractivity contribution in [2.75, 3.05) is 12.3 Å². The number of rotatable bonds is 2. The van der Waals surface area contributed by atoms with Crippen molar-refractivity contribution in [3.8, 4) is 6.07 Å². The Hall–Kier alpha value is -0.520. The molecule has 2 aliphatic heterocycles. The average Bonchev–Trinajstić information content (AvgIpc) is 3.16. The van der Waals surface area contributed by atoms with Crippen LogP contribution in [0.5, 0.6) is 0 Å². The third-order valence-electron chi connectivity index (χ3n) is 3.44. The molecule has 1 aromatic rings. The number of halogens is 2. The van der Waals surface area contributed by atoms with E-state index >= 15 is 0 Å². The first-order chi connectivity index (χ1) is 9.29. The Labute approximate surface area is 144 Å². The number of hydrogen-bond acceptors (Lipinski definition) is 6. The summed E-state index contributed by atoms with van der Waals surface area (Å²) in [4.78, 5) is 18.4. The third-order valence-corrected chi connectivity index (χ3v) is 5.65. The minimum absolute atomic E-state index is 0. The first-order valence-electron chi connectivity index (χ1n) is 6.26. The van der Waals surface area contributed by atoms with Gasteiger partial charge in [0.1, 0.15) is 16.4 Å². The van der Waals surface area contributed by atoms with Gasteiger partial charge >= 0.3 is 0 Å². The van der Waals surface area contributed by atoms with Crippen molar-refractivity contribution in [1.82, 2.24) is 15.2 Å². The van der Waals surface area contributed by atoms with Crippen LogP contribution in [0.2, 0.25) is 0 Å². The zero-order valence-electron chi connectivity index (χ0n) is 11.1. The second kappa shape index (κ2) is 8.20. The van der Waals surface area contributed by atoms with Gasteiger partial charge in [-0.3, -0.25) is 10.1 Å². The maximum Gasteiger partial charge on any atom is 0.241 e. The summed E-state index contributed by atoms with van der Waals surface area (Å²) in [5.74, 6) is 0.813. The van der Waals surface area contributed by atoms with Crippen LogP contribution in [0.25, 0.3) is 0 Å². The molecule has 3 rings (SSSR count). The number of aromatic nitrogens is 1. The van der Waals surface area contributed by atoms with Crippen molar-refractivity contribution in [3.63, 3.8) is 0 Å². The smallest absolute Gasteiger partial charge is 0.241 e. The zero-order chi connectivity index (χ0) is 13.2. The van der Waals surface area contributed by atoms with Gasteiger partial charge < -0.3 is 4.90 Å². The Balaban J connectivity index is 0.00000110. The predicted octanol–water partition coefficient (Wildman–Crippen LogP) is 2.20. The van der Waals surface area contributed by atoms with Gasteiger partial charge in [0.15, 0.2) is 0 Å². The molecule has 1 unspecified atom stereocenters. The van der Waals surface area contributed by atoms with Gasteiger partial charge in [-0.2, -0.15) is 5.26 Å². The highest BCUT2D eigenvalue weighted by Crippen LogP contribution is 2.34. The first kappa shape index (κ1) is 18.5. The lowest BCUT2D eigenvalue weighted by Crippen LogP contribution is -2.46. The molecule has 1 amide bonds. The largest absolute Gasteiger partial charge is 0.325 e. The molecule has 0 spiro atoms. The van der Waals surface area contributed by atoms with Crippen LogP contribution in [0.4, 0.5) is 0 Å². The number of likely N-dealkylation sites (tertiary alicyclic amines) is 1. The Morgan fingerprint density at radius 3 is 3.00 bits per heavy atom. The van der Waals surface area contributed by atoms with Crippen LogP contribution in [0.1, 0.15) is 23.2 Å². The Morgan fingerprint density at radius 2 is 2.33 bits per heavy atom. The SMILES string of the molecule is Cl.Cl.N#C[C@@H]1CCCN1C(=O)[C@@H]1CSC(c2nccs2)N1. The molecule has 0 aliphatic carbocycles. The molecular weight excluding hydrogens is 351 g/mol. The Kier molecular flexibility index (Phi) is 7.24. The lowest BCUT2D eigenvalue weighted by molar-refractivity contribution is -0.132. The van der Waals surface area contributed by atoms with Crippen molar-refractivity contribution in [2.24, 2.45) is 0 Å². The van der Waals surface area contributed by atoms with Crippen LogP contribution >= 0.6 is 47.9 Å². The van der Waals surface area contributed by atoms with Gasteiger partial charge in [-0.05, 0) is 12.8 Å². The average molecular weight is 367 g/mol. The molecule has 5 nitrogen and oxygen atoms in total. The molecule has 0 aromatic carbocycles. The minimum Gasteiger partial charge on any atom is -0.325 e. The lowest BCUT2D eigenvalue weighted by Gasteiger charge is -2.23. The van der Waals surface area contributed by atoms with Crippen LogP contribution in [-0.2, 0) is 4.79 Å². The molecule has 1 N–H and O–H groups in total. The number of carbonyl (C=O) groups is 1. The van der Waals surface area contributed by atoms with Crippen molar-refractivity contribution in [3.05, 3.63) is 16.6 Å². The lowest BCUT2D eigenvalue weighted by atomic mass is 10.2. The molecule has 9 heteroatoms. The molecule has 2 fully saturated rings. The predicted molar refractivity (Wildman–Crippen MR) is 89.1 cm³/mol. The summed E-state index contributed by atoms with van der Waals surface area (Å²) in [5, 5.41) is 15.4. The van der Waals surface area contributed by atoms with E-state index in [1.165, 1.54) is 0 Å². The van der Waals surface area contributed by atoms with E-state index in [-0.39, 0.29) is 48.2 Å². The quantitative estimate of drug-likeness (QED) is 0.868. The fourth-order valence-corrected chi connectivity index (χ4v) is 4.52. The molecule has 0 radical (unpaired) electrons. The van der Waals surface area contributed by atoms with E-state index in [1.54, 1.807) is 34.2 Å². The maximum absolute atomic E-state index is 12.4. The maximum atomic E-state index is 12.4. The van der Waals surface area contributed by atoms with Crippen molar-refractivity contribution in [2.45, 2.75) is 30.3 Å². The molecule has 3 heterocycles. The van der Waals surface area contributed by atoms with Crippen molar-refractivity contribution < 1.29 is 4.79 Å². The van der Waals surface area contributed by atoms with Gasteiger partial charge in [0.2, 0.25) is 5.91 Å². The summed E-state index contributed by atoms with van der Waals surface area (Å²) in [6.45, 7) is 0.710. The van der Waals surface area contributed by atoms with Crippen LogP contribution in [0.15, 0.2) is 11.6 Å². The highest BCUT2D eigenvalue weighted by molar-refractivity contribution is 7.99. The number of thiazole rings is 1. The summed E-state index contributed by atoms with van der Waals surface area (Å²) in [6, 6.07) is 1.79. The molecule has 2 aliphatic rings. The second-order valence-corrected chi connectivity index (χ2v) is 6.69. The molecule has 0 saturated carbocycles. The second-order valence-electron chi connectivity index (χ2n) is 4.62. The molecule has 0 bridgehead atoms. The monoisotopic (exact) mass is 366 g/mol. The molecule has 21 heavy (non-hydrogen) atoms. The third kappa shape index (κ3) is 3.82. The van der Waals surface area contributed by atoms with E-state index in [2.05, 4.69) is 16.4 Å². The summed E-state index contributed by atoms with van der Waals surface area (Å²) in [7, 11) is 0. The zero-order valence-corrected chi connectivity index (χ0v) is 14.4. The van der Waals surface area contributed by atoms with Crippen molar-refractivity contribution >= 4 is 53.8 Å². The van der Waals surface area contributed by atoms with Gasteiger partial charge in [0.25, 0.3) is 0 Å². The van der Waals surface area contributed by atoms with Crippen LogP contribution in [0.3, 0.4) is 0 Å². The van der Waals surface area contributed by atoms with Gasteiger partial charge in [0, 0.05) is 23.9 Å². The standard InChI is InChI=1S/C12H14N4OS2.2ClH/c13-6-8-2-1-4-16(8)12(17)9-7-19-11(15-9)10-14-3-5-18-10;;/h3,5,8-9,11,15H,1-2,4,7H2;2*1H/t8-,9-,11?;;/m0../s1. The van der Waals surface area contributed by atoms with E-state index in [0.717, 1.165) is 23.6 Å². The van der Waals surface area contributed by atoms with E-state index in [9.17, 15) is 4.79 Å². The van der Waals surface area contributed by atoms with Gasteiger partial charge in [0.05, 0.1) is 12.1 Å². The van der Waals surface area contributed by atoms with Gasteiger partial charge in [-0.25, -0.2) is 4.98 Å². The molecule has 1 aromatic heterocycles. The summed E-state index contributed by atoms with van der Waals surface area (Å²) in [5.41, 5.74) is 0. The topological polar surface area (TPSA) is 69.0 Å². The number of amides is 1. The van der Waals surface area contributed by atoms with E-state index < -0.39 is 0 Å². The Bertz CT molecular complexity index is 508. The summed E-state index contributed by atoms with van der Waals surface area (Å²) in [6.07, 6.45) is 3.52. The molecule has 2 saturated heterocycles.